The van der Waals surface area contributed by atoms with Crippen molar-refractivity contribution >= 4 is 0 Å². The fourth-order valence-corrected chi connectivity index (χ4v) is 2.12. The molecule has 1 aromatic carbocycles. The number of rotatable bonds is 2. The van der Waals surface area contributed by atoms with Crippen LogP contribution in [0, 0.1) is 11.3 Å². The van der Waals surface area contributed by atoms with Gasteiger partial charge in [0.25, 0.3) is 0 Å². The van der Waals surface area contributed by atoms with Gasteiger partial charge in [0.15, 0.2) is 0 Å². The summed E-state index contributed by atoms with van der Waals surface area (Å²) in [5.74, 6) is 0. The maximum absolute atomic E-state index is 8.75. The van der Waals surface area contributed by atoms with Gasteiger partial charge >= 0.3 is 0 Å². The summed E-state index contributed by atoms with van der Waals surface area (Å²) in [5, 5.41) is 12.1. The minimum Gasteiger partial charge on any atom is -0.314 e. The van der Waals surface area contributed by atoms with Gasteiger partial charge in [0.1, 0.15) is 0 Å². The summed E-state index contributed by atoms with van der Waals surface area (Å²) < 4.78 is 0. The van der Waals surface area contributed by atoms with Crippen LogP contribution in [0.3, 0.4) is 0 Å². The highest BCUT2D eigenvalue weighted by molar-refractivity contribution is 5.32. The molecule has 3 nitrogen and oxygen atoms in total. The molecule has 0 aliphatic carbocycles. The average Bonchev–Trinajstić information content (AvgIpc) is 2.39. The highest BCUT2D eigenvalue weighted by Crippen LogP contribution is 2.20. The van der Waals surface area contributed by atoms with E-state index < -0.39 is 0 Å². The Morgan fingerprint density at radius 1 is 1.25 bits per heavy atom. The Morgan fingerprint density at radius 3 is 2.44 bits per heavy atom. The molecule has 0 bridgehead atoms. The second kappa shape index (κ2) is 5.11. The molecule has 1 N–H and O–H groups in total. The van der Waals surface area contributed by atoms with Gasteiger partial charge in [-0.25, -0.2) is 0 Å². The van der Waals surface area contributed by atoms with Gasteiger partial charge < -0.3 is 5.32 Å². The Bertz CT molecular complexity index is 371. The summed E-state index contributed by atoms with van der Waals surface area (Å²) in [7, 11) is 0. The van der Waals surface area contributed by atoms with Crippen LogP contribution in [-0.4, -0.2) is 31.1 Å². The first kappa shape index (κ1) is 11.1. The van der Waals surface area contributed by atoms with E-state index in [2.05, 4.69) is 35.3 Å². The zero-order chi connectivity index (χ0) is 11.4. The van der Waals surface area contributed by atoms with E-state index in [1.807, 2.05) is 12.1 Å². The SMILES string of the molecule is C[C@@H](c1ccc(C#N)cc1)N1CCNCC1. The van der Waals surface area contributed by atoms with Crippen LogP contribution >= 0.6 is 0 Å². The predicted octanol–water partition coefficient (Wildman–Crippen LogP) is 1.52. The van der Waals surface area contributed by atoms with Crippen molar-refractivity contribution in [3.63, 3.8) is 0 Å². The van der Waals surface area contributed by atoms with Crippen LogP contribution in [0.2, 0.25) is 0 Å². The first-order chi connectivity index (χ1) is 7.81. The molecule has 3 heteroatoms. The van der Waals surface area contributed by atoms with Crippen LogP contribution in [-0.2, 0) is 0 Å². The first-order valence-electron chi connectivity index (χ1n) is 5.76. The van der Waals surface area contributed by atoms with E-state index in [-0.39, 0.29) is 0 Å². The van der Waals surface area contributed by atoms with Crippen LogP contribution < -0.4 is 5.32 Å². The van der Waals surface area contributed by atoms with Gasteiger partial charge in [0.2, 0.25) is 0 Å². The monoisotopic (exact) mass is 215 g/mol. The molecule has 0 aromatic heterocycles. The summed E-state index contributed by atoms with van der Waals surface area (Å²) in [6.07, 6.45) is 0. The highest BCUT2D eigenvalue weighted by Gasteiger charge is 2.17. The lowest BCUT2D eigenvalue weighted by molar-refractivity contribution is 0.185. The van der Waals surface area contributed by atoms with Gasteiger partial charge in [-0.15, -0.1) is 0 Å². The summed E-state index contributed by atoms with van der Waals surface area (Å²) in [6, 6.07) is 10.5. The second-order valence-corrected chi connectivity index (χ2v) is 4.20. The number of hydrogen-bond acceptors (Lipinski definition) is 3. The van der Waals surface area contributed by atoms with Crippen LogP contribution in [0.25, 0.3) is 0 Å². The van der Waals surface area contributed by atoms with Crippen LogP contribution in [0.1, 0.15) is 24.1 Å². The van der Waals surface area contributed by atoms with Crippen LogP contribution in [0.4, 0.5) is 0 Å². The van der Waals surface area contributed by atoms with Gasteiger partial charge in [-0.3, -0.25) is 4.90 Å². The number of nitrogens with one attached hydrogen (secondary N) is 1. The van der Waals surface area contributed by atoms with Crippen molar-refractivity contribution in [1.82, 2.24) is 10.2 Å². The molecule has 16 heavy (non-hydrogen) atoms. The van der Waals surface area contributed by atoms with Crippen molar-refractivity contribution in [1.29, 1.82) is 5.26 Å². The van der Waals surface area contributed by atoms with Crippen molar-refractivity contribution in [2.45, 2.75) is 13.0 Å². The van der Waals surface area contributed by atoms with E-state index in [4.69, 9.17) is 5.26 Å². The van der Waals surface area contributed by atoms with E-state index in [9.17, 15) is 0 Å². The lowest BCUT2D eigenvalue weighted by Crippen LogP contribution is -2.44. The summed E-state index contributed by atoms with van der Waals surface area (Å²) in [4.78, 5) is 2.47. The summed E-state index contributed by atoms with van der Waals surface area (Å²) >= 11 is 0. The topological polar surface area (TPSA) is 39.1 Å². The largest absolute Gasteiger partial charge is 0.314 e. The first-order valence-corrected chi connectivity index (χ1v) is 5.76. The number of hydrogen-bond donors (Lipinski definition) is 1. The molecule has 0 radical (unpaired) electrons. The van der Waals surface area contributed by atoms with Gasteiger partial charge in [-0.05, 0) is 24.6 Å². The average molecular weight is 215 g/mol. The van der Waals surface area contributed by atoms with Crippen molar-refractivity contribution in [3.8, 4) is 6.07 Å². The second-order valence-electron chi connectivity index (χ2n) is 4.20. The highest BCUT2D eigenvalue weighted by atomic mass is 15.2. The minimum atomic E-state index is 0.440. The fourth-order valence-electron chi connectivity index (χ4n) is 2.12. The predicted molar refractivity (Wildman–Crippen MR) is 64.0 cm³/mol. The zero-order valence-corrected chi connectivity index (χ0v) is 9.61. The number of benzene rings is 1. The molecule has 2 rings (SSSR count). The van der Waals surface area contributed by atoms with E-state index in [0.29, 0.717) is 6.04 Å². The third-order valence-corrected chi connectivity index (χ3v) is 3.22. The molecular formula is C13H17N3. The van der Waals surface area contributed by atoms with Crippen molar-refractivity contribution in [3.05, 3.63) is 35.4 Å². The Hall–Kier alpha value is -1.37. The number of piperazine rings is 1. The Balaban J connectivity index is 2.07. The smallest absolute Gasteiger partial charge is 0.0991 e. The Kier molecular flexibility index (Phi) is 3.55. The minimum absolute atomic E-state index is 0.440. The van der Waals surface area contributed by atoms with Gasteiger partial charge in [-0.1, -0.05) is 12.1 Å². The Labute approximate surface area is 96.7 Å². The molecule has 1 atom stereocenters. The molecule has 1 aromatic rings. The van der Waals surface area contributed by atoms with E-state index in [1.54, 1.807) is 0 Å². The van der Waals surface area contributed by atoms with E-state index in [0.717, 1.165) is 31.7 Å². The third-order valence-electron chi connectivity index (χ3n) is 3.22. The number of nitrogens with zero attached hydrogens (tertiary/aromatic N) is 2. The molecule has 1 aliphatic heterocycles. The van der Waals surface area contributed by atoms with Crippen molar-refractivity contribution in [2.75, 3.05) is 26.2 Å². The molecule has 84 valence electrons. The van der Waals surface area contributed by atoms with E-state index >= 15 is 0 Å². The van der Waals surface area contributed by atoms with Crippen LogP contribution in [0.15, 0.2) is 24.3 Å². The normalized spacial score (nSPS) is 19.0. The van der Waals surface area contributed by atoms with Crippen molar-refractivity contribution < 1.29 is 0 Å². The molecule has 0 spiro atoms. The quantitative estimate of drug-likeness (QED) is 0.813. The maximum Gasteiger partial charge on any atom is 0.0991 e. The maximum atomic E-state index is 8.75. The molecule has 0 saturated carbocycles. The lowest BCUT2D eigenvalue weighted by atomic mass is 10.0. The molecule has 0 unspecified atom stereocenters. The standard InChI is InChI=1S/C13H17N3/c1-11(16-8-6-15-7-9-16)13-4-2-12(10-14)3-5-13/h2-5,11,15H,6-9H2,1H3/t11-/m0/s1. The third kappa shape index (κ3) is 2.41. The molecule has 1 aliphatic rings. The molecular weight excluding hydrogens is 198 g/mol. The van der Waals surface area contributed by atoms with Gasteiger partial charge in [0.05, 0.1) is 11.6 Å². The molecule has 0 amide bonds. The Morgan fingerprint density at radius 2 is 1.88 bits per heavy atom. The molecule has 1 saturated heterocycles. The van der Waals surface area contributed by atoms with Gasteiger partial charge in [-0.2, -0.15) is 5.26 Å². The molecule has 1 heterocycles. The van der Waals surface area contributed by atoms with E-state index in [1.165, 1.54) is 5.56 Å². The molecule has 1 fully saturated rings. The summed E-state index contributed by atoms with van der Waals surface area (Å²) in [5.41, 5.74) is 2.03. The van der Waals surface area contributed by atoms with Crippen LogP contribution in [0.5, 0.6) is 0 Å². The van der Waals surface area contributed by atoms with Crippen molar-refractivity contribution in [2.24, 2.45) is 0 Å². The van der Waals surface area contributed by atoms with Gasteiger partial charge in [0, 0.05) is 32.2 Å². The summed E-state index contributed by atoms with van der Waals surface area (Å²) in [6.45, 7) is 6.57. The number of nitriles is 1. The fraction of sp³-hybridized carbons (Fsp3) is 0.462. The zero-order valence-electron chi connectivity index (χ0n) is 9.61. The lowest BCUT2D eigenvalue weighted by Gasteiger charge is -2.33.